The number of fused-ring (bicyclic) bond motifs is 1. The summed E-state index contributed by atoms with van der Waals surface area (Å²) in [6, 6.07) is 8.69. The third-order valence-electron chi connectivity index (χ3n) is 4.19. The largest absolute Gasteiger partial charge is 0.347 e. The normalized spacial score (nSPS) is 12.6. The van der Waals surface area contributed by atoms with E-state index in [9.17, 15) is 9.59 Å². The Balaban J connectivity index is 1.90. The molecule has 7 heteroatoms. The first-order valence-corrected chi connectivity index (χ1v) is 8.44. The highest BCUT2D eigenvalue weighted by molar-refractivity contribution is 6.03. The van der Waals surface area contributed by atoms with Gasteiger partial charge in [0.15, 0.2) is 5.82 Å². The van der Waals surface area contributed by atoms with Crippen molar-refractivity contribution >= 4 is 17.5 Å². The maximum atomic E-state index is 12.7. The third-order valence-corrected chi connectivity index (χ3v) is 4.19. The minimum atomic E-state index is -0.397. The van der Waals surface area contributed by atoms with Crippen LogP contribution < -0.4 is 10.6 Å². The molecule has 2 aromatic rings. The first-order valence-electron chi connectivity index (χ1n) is 8.44. The van der Waals surface area contributed by atoms with Crippen LogP contribution >= 0.6 is 0 Å². The van der Waals surface area contributed by atoms with Crippen LogP contribution in [0.2, 0.25) is 0 Å². The summed E-state index contributed by atoms with van der Waals surface area (Å²) in [5.41, 5.74) is 2.05. The van der Waals surface area contributed by atoms with Crippen LogP contribution in [0.25, 0.3) is 0 Å². The topological polar surface area (TPSA) is 99.8 Å². The van der Waals surface area contributed by atoms with Gasteiger partial charge < -0.3 is 15.2 Å². The van der Waals surface area contributed by atoms with Gasteiger partial charge in [-0.05, 0) is 37.5 Å². The number of anilines is 1. The fourth-order valence-corrected chi connectivity index (χ4v) is 3.00. The van der Waals surface area contributed by atoms with Gasteiger partial charge in [0, 0.05) is 18.8 Å². The number of benzene rings is 1. The average molecular weight is 349 g/mol. The maximum absolute atomic E-state index is 12.7. The Morgan fingerprint density at radius 2 is 2.19 bits per heavy atom. The van der Waals surface area contributed by atoms with E-state index in [0.717, 1.165) is 18.5 Å². The SMILES string of the molecule is C=CCNC(=O)c1nc(C(=O)Nc2cccc(C#N)c2)n2c1CCCC2. The number of amides is 2. The molecule has 132 valence electrons. The van der Waals surface area contributed by atoms with Crippen molar-refractivity contribution in [3.8, 4) is 6.07 Å². The second-order valence-corrected chi connectivity index (χ2v) is 5.98. The summed E-state index contributed by atoms with van der Waals surface area (Å²) >= 11 is 0. The molecule has 7 nitrogen and oxygen atoms in total. The Morgan fingerprint density at radius 3 is 2.96 bits per heavy atom. The van der Waals surface area contributed by atoms with Gasteiger partial charge in [0.25, 0.3) is 11.8 Å². The van der Waals surface area contributed by atoms with Crippen LogP contribution in [0.5, 0.6) is 0 Å². The van der Waals surface area contributed by atoms with Gasteiger partial charge >= 0.3 is 0 Å². The van der Waals surface area contributed by atoms with Crippen molar-refractivity contribution < 1.29 is 9.59 Å². The molecule has 26 heavy (non-hydrogen) atoms. The van der Waals surface area contributed by atoms with Crippen molar-refractivity contribution in [3.63, 3.8) is 0 Å². The monoisotopic (exact) mass is 349 g/mol. The van der Waals surface area contributed by atoms with Gasteiger partial charge in [0.05, 0.1) is 17.3 Å². The van der Waals surface area contributed by atoms with Gasteiger partial charge in [-0.2, -0.15) is 5.26 Å². The summed E-state index contributed by atoms with van der Waals surface area (Å²) in [5, 5.41) is 14.4. The van der Waals surface area contributed by atoms with Crippen LogP contribution in [-0.4, -0.2) is 27.9 Å². The predicted molar refractivity (Wildman–Crippen MR) is 96.8 cm³/mol. The van der Waals surface area contributed by atoms with Gasteiger partial charge in [-0.3, -0.25) is 9.59 Å². The summed E-state index contributed by atoms with van der Waals surface area (Å²) in [7, 11) is 0. The molecule has 1 aromatic carbocycles. The van der Waals surface area contributed by atoms with Crippen molar-refractivity contribution in [2.24, 2.45) is 0 Å². The maximum Gasteiger partial charge on any atom is 0.291 e. The minimum absolute atomic E-state index is 0.214. The molecule has 2 N–H and O–H groups in total. The Hall–Kier alpha value is -3.40. The number of aromatic nitrogens is 2. The van der Waals surface area contributed by atoms with Gasteiger partial charge in [0.2, 0.25) is 0 Å². The molecule has 0 fully saturated rings. The summed E-state index contributed by atoms with van der Waals surface area (Å²) in [6.07, 6.45) is 4.19. The summed E-state index contributed by atoms with van der Waals surface area (Å²) < 4.78 is 1.82. The molecule has 0 saturated heterocycles. The van der Waals surface area contributed by atoms with Gasteiger partial charge in [-0.15, -0.1) is 6.58 Å². The number of carbonyl (C=O) groups is 2. The molecule has 0 unspecified atom stereocenters. The Morgan fingerprint density at radius 1 is 1.35 bits per heavy atom. The Labute approximate surface area is 151 Å². The lowest BCUT2D eigenvalue weighted by Gasteiger charge is -2.17. The van der Waals surface area contributed by atoms with Crippen molar-refractivity contribution in [1.29, 1.82) is 5.26 Å². The zero-order chi connectivity index (χ0) is 18.5. The van der Waals surface area contributed by atoms with E-state index in [1.54, 1.807) is 30.3 Å². The Kier molecular flexibility index (Phi) is 5.13. The highest BCUT2D eigenvalue weighted by Gasteiger charge is 2.27. The molecule has 0 aliphatic carbocycles. The molecule has 1 aromatic heterocycles. The number of hydrogen-bond acceptors (Lipinski definition) is 4. The first kappa shape index (κ1) is 17.4. The van der Waals surface area contributed by atoms with Gasteiger partial charge in [-0.1, -0.05) is 12.1 Å². The molecule has 2 amide bonds. The third kappa shape index (κ3) is 3.49. The van der Waals surface area contributed by atoms with Crippen LogP contribution in [0.15, 0.2) is 36.9 Å². The Bertz CT molecular complexity index is 907. The summed E-state index contributed by atoms with van der Waals surface area (Å²) in [4.78, 5) is 29.4. The molecule has 2 heterocycles. The lowest BCUT2D eigenvalue weighted by atomic mass is 10.1. The van der Waals surface area contributed by atoms with Gasteiger partial charge in [0.1, 0.15) is 5.69 Å². The fraction of sp³-hybridized carbons (Fsp3) is 0.263. The van der Waals surface area contributed by atoms with E-state index in [1.165, 1.54) is 0 Å². The van der Waals surface area contributed by atoms with E-state index >= 15 is 0 Å². The molecule has 0 spiro atoms. The number of nitrogens with one attached hydrogen (secondary N) is 2. The standard InChI is InChI=1S/C19H19N5O2/c1-2-9-21-18(25)16-15-8-3-4-10-24(15)17(23-16)19(26)22-14-7-5-6-13(11-14)12-20/h2,5-7,11H,1,3-4,8-10H2,(H,21,25)(H,22,26). The van der Waals surface area contributed by atoms with E-state index in [-0.39, 0.29) is 11.7 Å². The molecule has 0 radical (unpaired) electrons. The highest BCUT2D eigenvalue weighted by Crippen LogP contribution is 2.22. The molecule has 0 bridgehead atoms. The van der Waals surface area contributed by atoms with Crippen molar-refractivity contribution in [2.45, 2.75) is 25.8 Å². The van der Waals surface area contributed by atoms with E-state index in [2.05, 4.69) is 22.2 Å². The minimum Gasteiger partial charge on any atom is -0.347 e. The lowest BCUT2D eigenvalue weighted by molar-refractivity contribution is 0.0952. The van der Waals surface area contributed by atoms with E-state index < -0.39 is 5.91 Å². The number of rotatable bonds is 5. The molecule has 0 atom stereocenters. The van der Waals surface area contributed by atoms with Crippen LogP contribution in [0.4, 0.5) is 5.69 Å². The van der Waals surface area contributed by atoms with Crippen molar-refractivity contribution in [1.82, 2.24) is 14.9 Å². The van der Waals surface area contributed by atoms with Crippen LogP contribution in [0, 0.1) is 11.3 Å². The smallest absolute Gasteiger partial charge is 0.291 e. The molecule has 0 saturated carbocycles. The average Bonchev–Trinajstić information content (AvgIpc) is 3.06. The van der Waals surface area contributed by atoms with Crippen molar-refractivity contribution in [3.05, 3.63) is 59.7 Å². The van der Waals surface area contributed by atoms with Crippen LogP contribution in [-0.2, 0) is 13.0 Å². The second-order valence-electron chi connectivity index (χ2n) is 5.98. The van der Waals surface area contributed by atoms with E-state index in [4.69, 9.17) is 5.26 Å². The number of nitrogens with zero attached hydrogens (tertiary/aromatic N) is 3. The quantitative estimate of drug-likeness (QED) is 0.809. The van der Waals surface area contributed by atoms with Crippen LogP contribution in [0.1, 0.15) is 45.2 Å². The summed E-state index contributed by atoms with van der Waals surface area (Å²) in [5.74, 6) is -0.488. The summed E-state index contributed by atoms with van der Waals surface area (Å²) in [6.45, 7) is 4.57. The second kappa shape index (κ2) is 7.66. The first-order chi connectivity index (χ1) is 12.6. The number of imidazole rings is 1. The number of hydrogen-bond donors (Lipinski definition) is 2. The van der Waals surface area contributed by atoms with E-state index in [0.29, 0.717) is 36.5 Å². The highest BCUT2D eigenvalue weighted by atomic mass is 16.2. The zero-order valence-corrected chi connectivity index (χ0v) is 14.3. The van der Waals surface area contributed by atoms with Gasteiger partial charge in [-0.25, -0.2) is 4.98 Å². The predicted octanol–water partition coefficient (Wildman–Crippen LogP) is 2.26. The van der Waals surface area contributed by atoms with Crippen LogP contribution in [0.3, 0.4) is 0 Å². The number of carbonyl (C=O) groups excluding carboxylic acids is 2. The molecule has 1 aliphatic heterocycles. The molecule has 3 rings (SSSR count). The fourth-order valence-electron chi connectivity index (χ4n) is 3.00. The molecule has 1 aliphatic rings. The lowest BCUT2D eigenvalue weighted by Crippen LogP contribution is -2.25. The zero-order valence-electron chi connectivity index (χ0n) is 14.3. The van der Waals surface area contributed by atoms with Crippen molar-refractivity contribution in [2.75, 3.05) is 11.9 Å². The van der Waals surface area contributed by atoms with E-state index in [1.807, 2.05) is 10.6 Å². The number of nitriles is 1. The molecular formula is C19H19N5O2. The molecular weight excluding hydrogens is 330 g/mol.